The van der Waals surface area contributed by atoms with Gasteiger partial charge in [0.15, 0.2) is 5.76 Å². The van der Waals surface area contributed by atoms with Crippen LogP contribution in [0.1, 0.15) is 39.2 Å². The Hall–Kier alpha value is -3.61. The number of hydrogen-bond acceptors (Lipinski definition) is 4. The number of nitrogens with zero attached hydrogens (tertiary/aromatic N) is 2. The molecule has 0 atom stereocenters. The summed E-state index contributed by atoms with van der Waals surface area (Å²) in [6.45, 7) is 6.59. The molecule has 4 rings (SSSR count). The van der Waals surface area contributed by atoms with Crippen LogP contribution < -0.4 is 10.9 Å². The van der Waals surface area contributed by atoms with E-state index in [1.807, 2.05) is 45.0 Å². The smallest absolute Gasteiger partial charge is 0.305 e. The third kappa shape index (κ3) is 2.90. The topological polar surface area (TPSA) is 89.2 Å². The number of rotatable bonds is 3. The molecule has 0 bridgehead atoms. The second-order valence-electron chi connectivity index (χ2n) is 6.57. The van der Waals surface area contributed by atoms with Gasteiger partial charge in [0, 0.05) is 23.1 Å². The van der Waals surface area contributed by atoms with E-state index in [4.69, 9.17) is 4.42 Å². The van der Waals surface area contributed by atoms with Gasteiger partial charge in [0.1, 0.15) is 11.4 Å². The number of nitrogens with one attached hydrogen (secondary N) is 2. The van der Waals surface area contributed by atoms with Crippen molar-refractivity contribution in [3.63, 3.8) is 0 Å². The van der Waals surface area contributed by atoms with Crippen molar-refractivity contribution in [2.45, 2.75) is 27.3 Å². The molecule has 2 heterocycles. The van der Waals surface area contributed by atoms with E-state index in [1.165, 1.54) is 0 Å². The third-order valence-corrected chi connectivity index (χ3v) is 4.86. The molecule has 2 amide bonds. The number of hydrazine groups is 1. The second kappa shape index (κ2) is 6.84. The van der Waals surface area contributed by atoms with Gasteiger partial charge >= 0.3 is 5.91 Å². The first-order valence-corrected chi connectivity index (χ1v) is 9.05. The predicted octanol–water partition coefficient (Wildman–Crippen LogP) is 3.49. The lowest BCUT2D eigenvalue weighted by Crippen LogP contribution is -2.41. The zero-order valence-electron chi connectivity index (χ0n) is 15.9. The van der Waals surface area contributed by atoms with E-state index in [-0.39, 0.29) is 5.76 Å². The molecule has 0 unspecified atom stereocenters. The van der Waals surface area contributed by atoms with Crippen LogP contribution in [0, 0.1) is 13.8 Å². The number of aryl methyl sites for hydroxylation is 3. The van der Waals surface area contributed by atoms with E-state index < -0.39 is 11.8 Å². The average molecular weight is 376 g/mol. The summed E-state index contributed by atoms with van der Waals surface area (Å²) in [5, 5.41) is 0.867. The van der Waals surface area contributed by atoms with Gasteiger partial charge in [-0.1, -0.05) is 18.2 Å². The van der Waals surface area contributed by atoms with Crippen molar-refractivity contribution in [2.24, 2.45) is 0 Å². The Labute approximate surface area is 161 Å². The van der Waals surface area contributed by atoms with Gasteiger partial charge in [0.2, 0.25) is 0 Å². The van der Waals surface area contributed by atoms with E-state index >= 15 is 0 Å². The minimum atomic E-state index is -0.505. The molecule has 0 radical (unpaired) electrons. The number of amides is 2. The van der Waals surface area contributed by atoms with Crippen molar-refractivity contribution in [3.8, 4) is 0 Å². The van der Waals surface area contributed by atoms with Gasteiger partial charge in [-0.15, -0.1) is 0 Å². The first-order valence-electron chi connectivity index (χ1n) is 9.05. The quantitative estimate of drug-likeness (QED) is 0.536. The van der Waals surface area contributed by atoms with Gasteiger partial charge < -0.3 is 8.98 Å². The van der Waals surface area contributed by atoms with Crippen LogP contribution in [0.4, 0.5) is 0 Å². The van der Waals surface area contributed by atoms with Crippen LogP contribution in [0.5, 0.6) is 0 Å². The SMILES string of the molecule is CCn1c(C)nc2cc(C(=O)NNC(=O)c3oc4ccccc4c3C)ccc21. The number of furan rings is 1. The fourth-order valence-electron chi connectivity index (χ4n) is 3.42. The molecule has 2 aromatic carbocycles. The van der Waals surface area contributed by atoms with E-state index in [0.29, 0.717) is 11.1 Å². The van der Waals surface area contributed by atoms with E-state index in [9.17, 15) is 9.59 Å². The van der Waals surface area contributed by atoms with Gasteiger partial charge in [-0.05, 0) is 45.0 Å². The third-order valence-electron chi connectivity index (χ3n) is 4.86. The zero-order chi connectivity index (χ0) is 19.8. The minimum absolute atomic E-state index is 0.175. The monoisotopic (exact) mass is 376 g/mol. The van der Waals surface area contributed by atoms with Crippen LogP contribution in [0.2, 0.25) is 0 Å². The highest BCUT2D eigenvalue weighted by Gasteiger charge is 2.18. The maximum atomic E-state index is 12.5. The molecule has 142 valence electrons. The molecule has 4 aromatic rings. The van der Waals surface area contributed by atoms with Gasteiger partial charge in [-0.2, -0.15) is 0 Å². The van der Waals surface area contributed by atoms with Crippen LogP contribution in [0.15, 0.2) is 46.9 Å². The molecule has 7 nitrogen and oxygen atoms in total. The highest BCUT2D eigenvalue weighted by molar-refractivity contribution is 6.02. The van der Waals surface area contributed by atoms with Crippen LogP contribution in [0.3, 0.4) is 0 Å². The highest BCUT2D eigenvalue weighted by Crippen LogP contribution is 2.24. The molecule has 0 spiro atoms. The molecule has 0 aliphatic rings. The molecular formula is C21H20N4O3. The Kier molecular flexibility index (Phi) is 4.35. The molecule has 28 heavy (non-hydrogen) atoms. The predicted molar refractivity (Wildman–Crippen MR) is 106 cm³/mol. The lowest BCUT2D eigenvalue weighted by molar-refractivity contribution is 0.0831. The summed E-state index contributed by atoms with van der Waals surface area (Å²) in [5.74, 6) is 0.139. The standard InChI is InChI=1S/C21H20N4O3/c1-4-25-13(3)22-16-11-14(9-10-17(16)25)20(26)23-24-21(27)19-12(2)15-7-5-6-8-18(15)28-19/h5-11H,4H2,1-3H3,(H,23,26)(H,24,27). The number of hydrogen-bond donors (Lipinski definition) is 2. The molecule has 0 saturated carbocycles. The van der Waals surface area contributed by atoms with E-state index in [0.717, 1.165) is 34.4 Å². The number of aromatic nitrogens is 2. The first-order chi connectivity index (χ1) is 13.5. The largest absolute Gasteiger partial charge is 0.451 e. The fourth-order valence-corrected chi connectivity index (χ4v) is 3.42. The number of fused-ring (bicyclic) bond motifs is 2. The number of imidazole rings is 1. The lowest BCUT2D eigenvalue weighted by atomic mass is 10.1. The van der Waals surface area contributed by atoms with Crippen LogP contribution in [-0.4, -0.2) is 21.4 Å². The summed E-state index contributed by atoms with van der Waals surface area (Å²) in [6.07, 6.45) is 0. The number of carbonyl (C=O) groups is 2. The fraction of sp³-hybridized carbons (Fsp3) is 0.190. The van der Waals surface area contributed by atoms with Crippen LogP contribution in [0.25, 0.3) is 22.0 Å². The minimum Gasteiger partial charge on any atom is -0.451 e. The molecule has 0 aliphatic heterocycles. The van der Waals surface area contributed by atoms with Crippen molar-refractivity contribution in [3.05, 3.63) is 65.2 Å². The maximum Gasteiger partial charge on any atom is 0.305 e. The summed E-state index contributed by atoms with van der Waals surface area (Å²) in [7, 11) is 0. The highest BCUT2D eigenvalue weighted by atomic mass is 16.3. The Balaban J connectivity index is 1.51. The number of para-hydroxylation sites is 1. The molecule has 7 heteroatoms. The summed E-state index contributed by atoms with van der Waals surface area (Å²) in [6, 6.07) is 12.7. The Bertz CT molecular complexity index is 1220. The van der Waals surface area contributed by atoms with Gasteiger partial charge in [0.25, 0.3) is 5.91 Å². The molecule has 2 N–H and O–H groups in total. The van der Waals surface area contributed by atoms with Crippen LogP contribution >= 0.6 is 0 Å². The van der Waals surface area contributed by atoms with Crippen molar-refractivity contribution < 1.29 is 14.0 Å². The summed E-state index contributed by atoms with van der Waals surface area (Å²) in [4.78, 5) is 29.4. The maximum absolute atomic E-state index is 12.5. The summed E-state index contributed by atoms with van der Waals surface area (Å²) < 4.78 is 7.68. The average Bonchev–Trinajstić information content (AvgIpc) is 3.21. The van der Waals surface area contributed by atoms with Crippen molar-refractivity contribution in [2.75, 3.05) is 0 Å². The summed E-state index contributed by atoms with van der Waals surface area (Å²) >= 11 is 0. The molecule has 0 fully saturated rings. The van der Waals surface area contributed by atoms with Gasteiger partial charge in [0.05, 0.1) is 11.0 Å². The normalized spacial score (nSPS) is 11.1. The molecular weight excluding hydrogens is 356 g/mol. The van der Waals surface area contributed by atoms with Gasteiger partial charge in [-0.25, -0.2) is 4.98 Å². The summed E-state index contributed by atoms with van der Waals surface area (Å²) in [5.41, 5.74) is 8.33. The second-order valence-corrected chi connectivity index (χ2v) is 6.57. The first kappa shape index (κ1) is 17.8. The lowest BCUT2D eigenvalue weighted by Gasteiger charge is -2.07. The Morgan fingerprint density at radius 2 is 1.82 bits per heavy atom. The number of benzene rings is 2. The van der Waals surface area contributed by atoms with Crippen molar-refractivity contribution >= 4 is 33.8 Å². The number of carbonyl (C=O) groups excluding carboxylic acids is 2. The zero-order valence-corrected chi connectivity index (χ0v) is 15.9. The van der Waals surface area contributed by atoms with Gasteiger partial charge in [-0.3, -0.25) is 20.4 Å². The molecule has 0 saturated heterocycles. The van der Waals surface area contributed by atoms with E-state index in [1.54, 1.807) is 18.2 Å². The molecule has 0 aliphatic carbocycles. The van der Waals surface area contributed by atoms with Crippen molar-refractivity contribution in [1.29, 1.82) is 0 Å². The van der Waals surface area contributed by atoms with E-state index in [2.05, 4.69) is 20.4 Å². The van der Waals surface area contributed by atoms with Crippen LogP contribution in [-0.2, 0) is 6.54 Å². The Morgan fingerprint density at radius 1 is 1.07 bits per heavy atom. The molecule has 2 aromatic heterocycles. The van der Waals surface area contributed by atoms with Crippen molar-refractivity contribution in [1.82, 2.24) is 20.4 Å². The Morgan fingerprint density at radius 3 is 2.57 bits per heavy atom.